The second-order valence-corrected chi connectivity index (χ2v) is 9.08. The van der Waals surface area contributed by atoms with E-state index < -0.39 is 22.1 Å². The number of carbonyl (C=O) groups excluding carboxylic acids is 2. The van der Waals surface area contributed by atoms with Gasteiger partial charge >= 0.3 is 16.2 Å². The molecule has 0 bridgehead atoms. The van der Waals surface area contributed by atoms with Crippen molar-refractivity contribution < 1.29 is 26.9 Å². The molecule has 3 aromatic rings. The number of rotatable bonds is 6. The molecule has 1 N–H and O–H groups in total. The summed E-state index contributed by atoms with van der Waals surface area (Å²) in [4.78, 5) is 26.2. The third kappa shape index (κ3) is 4.83. The summed E-state index contributed by atoms with van der Waals surface area (Å²) in [6.07, 6.45) is -0.469. The Labute approximate surface area is 191 Å². The van der Waals surface area contributed by atoms with Crippen LogP contribution in [0.3, 0.4) is 0 Å². The predicted molar refractivity (Wildman–Crippen MR) is 123 cm³/mol. The van der Waals surface area contributed by atoms with Gasteiger partial charge in [0.25, 0.3) is 5.91 Å². The summed E-state index contributed by atoms with van der Waals surface area (Å²) in [5, 5.41) is 2.78. The highest BCUT2D eigenvalue weighted by Gasteiger charge is 2.26. The lowest BCUT2D eigenvalue weighted by molar-refractivity contribution is 0.102. The van der Waals surface area contributed by atoms with Crippen molar-refractivity contribution in [1.29, 1.82) is 0 Å². The maximum atomic E-state index is 12.8. The molecular formula is C24H22N2O6S. The van der Waals surface area contributed by atoms with E-state index in [9.17, 15) is 18.0 Å². The molecule has 0 saturated carbocycles. The molecular weight excluding hydrogens is 444 g/mol. The zero-order valence-corrected chi connectivity index (χ0v) is 18.9. The average Bonchev–Trinajstić information content (AvgIpc) is 3.21. The number of benzene rings is 3. The molecule has 0 atom stereocenters. The first-order valence-electron chi connectivity index (χ1n) is 10.2. The van der Waals surface area contributed by atoms with Gasteiger partial charge in [0.1, 0.15) is 17.3 Å². The molecule has 1 fully saturated rings. The van der Waals surface area contributed by atoms with E-state index in [-0.39, 0.29) is 17.3 Å². The molecule has 0 aromatic heterocycles. The quantitative estimate of drug-likeness (QED) is 0.544. The van der Waals surface area contributed by atoms with E-state index in [4.69, 9.17) is 8.92 Å². The summed E-state index contributed by atoms with van der Waals surface area (Å²) >= 11 is 0. The molecule has 8 nitrogen and oxygen atoms in total. The van der Waals surface area contributed by atoms with E-state index in [1.807, 2.05) is 6.07 Å². The number of carbonyl (C=O) groups is 2. The third-order valence-corrected chi connectivity index (χ3v) is 6.53. The summed E-state index contributed by atoms with van der Waals surface area (Å²) < 4.78 is 35.6. The largest absolute Gasteiger partial charge is 0.447 e. The monoisotopic (exact) mass is 466 g/mol. The second kappa shape index (κ2) is 8.95. The molecule has 0 radical (unpaired) electrons. The fourth-order valence-corrected chi connectivity index (χ4v) is 4.68. The molecule has 1 heterocycles. The SMILES string of the molecule is Cc1ccc(C)c(S(=O)(=O)Oc2ccc(C(=O)Nc3ccccc3N3CCOC3=O)cc2)c1. The first-order valence-corrected chi connectivity index (χ1v) is 11.6. The zero-order valence-electron chi connectivity index (χ0n) is 18.1. The summed E-state index contributed by atoms with van der Waals surface area (Å²) in [7, 11) is -4.02. The van der Waals surface area contributed by atoms with E-state index in [1.54, 1.807) is 50.2 Å². The molecule has 0 aliphatic carbocycles. The van der Waals surface area contributed by atoms with Crippen molar-refractivity contribution in [2.75, 3.05) is 23.4 Å². The first kappa shape index (κ1) is 22.3. The van der Waals surface area contributed by atoms with Gasteiger partial charge in [-0.3, -0.25) is 9.69 Å². The fraction of sp³-hybridized carbons (Fsp3) is 0.167. The van der Waals surface area contributed by atoms with E-state index in [0.29, 0.717) is 29.0 Å². The molecule has 4 rings (SSSR count). The first-order chi connectivity index (χ1) is 15.7. The Balaban J connectivity index is 1.50. The Morgan fingerprint density at radius 1 is 1.03 bits per heavy atom. The lowest BCUT2D eigenvalue weighted by atomic mass is 10.2. The van der Waals surface area contributed by atoms with Crippen molar-refractivity contribution in [2.45, 2.75) is 18.7 Å². The van der Waals surface area contributed by atoms with Crippen LogP contribution >= 0.6 is 0 Å². The van der Waals surface area contributed by atoms with Crippen LogP contribution in [-0.4, -0.2) is 33.6 Å². The predicted octanol–water partition coefficient (Wildman–Crippen LogP) is 4.28. The van der Waals surface area contributed by atoms with Gasteiger partial charge in [0.05, 0.1) is 17.9 Å². The summed E-state index contributed by atoms with van der Waals surface area (Å²) in [6, 6.07) is 17.8. The molecule has 33 heavy (non-hydrogen) atoms. The number of aryl methyl sites for hydroxylation is 2. The Morgan fingerprint density at radius 2 is 1.76 bits per heavy atom. The smallest absolute Gasteiger partial charge is 0.414 e. The highest BCUT2D eigenvalue weighted by Crippen LogP contribution is 2.29. The Bertz CT molecular complexity index is 1320. The Morgan fingerprint density at radius 3 is 2.45 bits per heavy atom. The van der Waals surface area contributed by atoms with Crippen LogP contribution in [0.4, 0.5) is 16.2 Å². The van der Waals surface area contributed by atoms with E-state index in [0.717, 1.165) is 5.56 Å². The zero-order chi connectivity index (χ0) is 23.6. The normalized spacial score (nSPS) is 13.5. The molecule has 1 aliphatic rings. The number of amides is 2. The van der Waals surface area contributed by atoms with Crippen LogP contribution in [0, 0.1) is 13.8 Å². The highest BCUT2D eigenvalue weighted by molar-refractivity contribution is 7.87. The minimum Gasteiger partial charge on any atom is -0.447 e. The topological polar surface area (TPSA) is 102 Å². The molecule has 0 unspecified atom stereocenters. The van der Waals surface area contributed by atoms with Crippen LogP contribution < -0.4 is 14.4 Å². The lowest BCUT2D eigenvalue weighted by Gasteiger charge is -2.17. The molecule has 3 aromatic carbocycles. The van der Waals surface area contributed by atoms with Gasteiger partial charge in [-0.15, -0.1) is 0 Å². The van der Waals surface area contributed by atoms with Gasteiger partial charge in [0, 0.05) is 5.56 Å². The number of anilines is 2. The van der Waals surface area contributed by atoms with Crippen molar-refractivity contribution >= 4 is 33.5 Å². The van der Waals surface area contributed by atoms with Crippen LogP contribution in [-0.2, 0) is 14.9 Å². The molecule has 1 saturated heterocycles. The minimum absolute atomic E-state index is 0.0904. The summed E-state index contributed by atoms with van der Waals surface area (Å²) in [6.45, 7) is 4.18. The van der Waals surface area contributed by atoms with Gasteiger partial charge in [-0.2, -0.15) is 8.42 Å². The number of hydrogen-bond acceptors (Lipinski definition) is 6. The van der Waals surface area contributed by atoms with E-state index >= 15 is 0 Å². The van der Waals surface area contributed by atoms with E-state index in [2.05, 4.69) is 5.32 Å². The van der Waals surface area contributed by atoms with E-state index in [1.165, 1.54) is 29.2 Å². The number of hydrogen-bond donors (Lipinski definition) is 1. The maximum absolute atomic E-state index is 12.8. The average molecular weight is 467 g/mol. The molecule has 170 valence electrons. The van der Waals surface area contributed by atoms with Crippen LogP contribution in [0.5, 0.6) is 5.75 Å². The second-order valence-electron chi connectivity index (χ2n) is 7.57. The van der Waals surface area contributed by atoms with Crippen molar-refractivity contribution in [3.63, 3.8) is 0 Å². The summed E-state index contributed by atoms with van der Waals surface area (Å²) in [5.41, 5.74) is 2.67. The number of nitrogens with zero attached hydrogens (tertiary/aromatic N) is 1. The van der Waals surface area contributed by atoms with Gasteiger partial charge in [-0.25, -0.2) is 4.79 Å². The van der Waals surface area contributed by atoms with Crippen LogP contribution in [0.2, 0.25) is 0 Å². The van der Waals surface area contributed by atoms with Crippen molar-refractivity contribution in [2.24, 2.45) is 0 Å². The third-order valence-electron chi connectivity index (χ3n) is 5.14. The summed E-state index contributed by atoms with van der Waals surface area (Å²) in [5.74, 6) is -0.327. The standard InChI is InChI=1S/C24H22N2O6S/c1-16-7-8-17(2)22(15-16)33(29,30)32-19-11-9-18(10-12-19)23(27)25-20-5-3-4-6-21(20)26-13-14-31-24(26)28/h3-12,15H,13-14H2,1-2H3,(H,25,27). The van der Waals surface area contributed by atoms with Crippen molar-refractivity contribution in [3.8, 4) is 5.75 Å². The Hall–Kier alpha value is -3.85. The molecule has 2 amide bonds. The number of nitrogens with one attached hydrogen (secondary N) is 1. The molecule has 1 aliphatic heterocycles. The maximum Gasteiger partial charge on any atom is 0.414 e. The molecule has 9 heteroatoms. The Kier molecular flexibility index (Phi) is 6.06. The van der Waals surface area contributed by atoms with Crippen molar-refractivity contribution in [1.82, 2.24) is 0 Å². The van der Waals surface area contributed by atoms with Crippen LogP contribution in [0.15, 0.2) is 71.6 Å². The van der Waals surface area contributed by atoms with Gasteiger partial charge in [-0.1, -0.05) is 24.3 Å². The van der Waals surface area contributed by atoms with Crippen LogP contribution in [0.25, 0.3) is 0 Å². The van der Waals surface area contributed by atoms with Gasteiger partial charge in [-0.05, 0) is 67.4 Å². The van der Waals surface area contributed by atoms with Gasteiger partial charge < -0.3 is 14.2 Å². The number of cyclic esters (lactones) is 1. The molecule has 0 spiro atoms. The van der Waals surface area contributed by atoms with Gasteiger partial charge in [0.15, 0.2) is 0 Å². The van der Waals surface area contributed by atoms with Crippen LogP contribution in [0.1, 0.15) is 21.5 Å². The lowest BCUT2D eigenvalue weighted by Crippen LogP contribution is -2.25. The van der Waals surface area contributed by atoms with Gasteiger partial charge in [0.2, 0.25) is 0 Å². The fourth-order valence-electron chi connectivity index (χ4n) is 3.43. The number of para-hydroxylation sites is 2. The number of ether oxygens (including phenoxy) is 1. The highest BCUT2D eigenvalue weighted by atomic mass is 32.2. The minimum atomic E-state index is -4.02. The van der Waals surface area contributed by atoms with Crippen molar-refractivity contribution in [3.05, 3.63) is 83.4 Å².